The highest BCUT2D eigenvalue weighted by Gasteiger charge is 2.30. The van der Waals surface area contributed by atoms with Gasteiger partial charge in [0.15, 0.2) is 11.5 Å². The van der Waals surface area contributed by atoms with E-state index >= 15 is 0 Å². The fraction of sp³-hybridized carbons (Fsp3) is 0.500. The summed E-state index contributed by atoms with van der Waals surface area (Å²) in [7, 11) is 1.53. The highest BCUT2D eigenvalue weighted by Crippen LogP contribution is 2.31. The standard InChI is InChI=1S/C16H22N2O5/c1-10(2)23-13-5-4-12(8-14(13)22-3)17-16(21)18-7-6-11(9-18)15(19)20/h4-5,8,10-11H,6-7,9H2,1-3H3,(H,17,21)(H,19,20). The molecule has 126 valence electrons. The zero-order chi connectivity index (χ0) is 17.0. The number of aliphatic carboxylic acids is 1. The topological polar surface area (TPSA) is 88.1 Å². The Morgan fingerprint density at radius 1 is 1.35 bits per heavy atom. The largest absolute Gasteiger partial charge is 0.493 e. The molecule has 1 unspecified atom stereocenters. The third-order valence-corrected chi connectivity index (χ3v) is 3.60. The quantitative estimate of drug-likeness (QED) is 0.869. The summed E-state index contributed by atoms with van der Waals surface area (Å²) in [5.41, 5.74) is 0.571. The molecule has 23 heavy (non-hydrogen) atoms. The van der Waals surface area contributed by atoms with Crippen LogP contribution in [0, 0.1) is 5.92 Å². The molecule has 2 rings (SSSR count). The molecule has 2 amide bonds. The van der Waals surface area contributed by atoms with E-state index in [2.05, 4.69) is 5.32 Å². The van der Waals surface area contributed by atoms with Gasteiger partial charge in [-0.05, 0) is 32.4 Å². The molecule has 2 N–H and O–H groups in total. The number of nitrogens with zero attached hydrogens (tertiary/aromatic N) is 1. The van der Waals surface area contributed by atoms with Gasteiger partial charge in [-0.25, -0.2) is 4.79 Å². The maximum absolute atomic E-state index is 12.2. The number of hydrogen-bond donors (Lipinski definition) is 2. The molecular weight excluding hydrogens is 300 g/mol. The first-order valence-electron chi connectivity index (χ1n) is 7.54. The number of urea groups is 1. The maximum Gasteiger partial charge on any atom is 0.321 e. The lowest BCUT2D eigenvalue weighted by molar-refractivity contribution is -0.141. The summed E-state index contributed by atoms with van der Waals surface area (Å²) in [6.07, 6.45) is 0.495. The molecule has 1 aliphatic heterocycles. The number of amides is 2. The number of nitrogens with one attached hydrogen (secondary N) is 1. The molecule has 0 spiro atoms. The number of ether oxygens (including phenoxy) is 2. The Morgan fingerprint density at radius 2 is 2.09 bits per heavy atom. The van der Waals surface area contributed by atoms with E-state index in [1.807, 2.05) is 13.8 Å². The van der Waals surface area contributed by atoms with Gasteiger partial charge in [-0.3, -0.25) is 4.79 Å². The van der Waals surface area contributed by atoms with E-state index < -0.39 is 11.9 Å². The number of rotatable bonds is 5. The number of carboxylic acids is 1. The predicted molar refractivity (Wildman–Crippen MR) is 85.1 cm³/mol. The number of methoxy groups -OCH3 is 1. The first kappa shape index (κ1) is 16.9. The van der Waals surface area contributed by atoms with Crippen LogP contribution in [0.2, 0.25) is 0 Å². The lowest BCUT2D eigenvalue weighted by atomic mass is 10.1. The summed E-state index contributed by atoms with van der Waals surface area (Å²) in [5, 5.41) is 11.7. The third kappa shape index (κ3) is 4.28. The van der Waals surface area contributed by atoms with E-state index in [0.717, 1.165) is 0 Å². The monoisotopic (exact) mass is 322 g/mol. The normalized spacial score (nSPS) is 17.2. The summed E-state index contributed by atoms with van der Waals surface area (Å²) in [6.45, 7) is 4.50. The Labute approximate surface area is 135 Å². The molecule has 7 heteroatoms. The van der Waals surface area contributed by atoms with Gasteiger partial charge in [0.1, 0.15) is 0 Å². The molecule has 0 saturated carbocycles. The van der Waals surface area contributed by atoms with Crippen LogP contribution in [0.25, 0.3) is 0 Å². The van der Waals surface area contributed by atoms with Gasteiger partial charge in [0.2, 0.25) is 0 Å². The van der Waals surface area contributed by atoms with Crippen molar-refractivity contribution in [1.82, 2.24) is 4.90 Å². The van der Waals surface area contributed by atoms with Crippen molar-refractivity contribution in [2.45, 2.75) is 26.4 Å². The molecule has 0 aliphatic carbocycles. The Kier molecular flexibility index (Phi) is 5.31. The van der Waals surface area contributed by atoms with Gasteiger partial charge in [-0.1, -0.05) is 0 Å². The average molecular weight is 322 g/mol. The van der Waals surface area contributed by atoms with Crippen molar-refractivity contribution in [2.75, 3.05) is 25.5 Å². The number of carboxylic acid groups (broad SMARTS) is 1. The van der Waals surface area contributed by atoms with Crippen molar-refractivity contribution in [2.24, 2.45) is 5.92 Å². The smallest absolute Gasteiger partial charge is 0.321 e. The van der Waals surface area contributed by atoms with Crippen molar-refractivity contribution in [3.05, 3.63) is 18.2 Å². The first-order valence-corrected chi connectivity index (χ1v) is 7.54. The minimum atomic E-state index is -0.864. The maximum atomic E-state index is 12.2. The fourth-order valence-corrected chi connectivity index (χ4v) is 2.45. The summed E-state index contributed by atoms with van der Waals surface area (Å²) in [4.78, 5) is 24.6. The van der Waals surface area contributed by atoms with Crippen molar-refractivity contribution >= 4 is 17.7 Å². The lowest BCUT2D eigenvalue weighted by Crippen LogP contribution is -2.33. The van der Waals surface area contributed by atoms with Crippen molar-refractivity contribution < 1.29 is 24.2 Å². The Balaban J connectivity index is 2.02. The lowest BCUT2D eigenvalue weighted by Gasteiger charge is -2.18. The molecule has 1 atom stereocenters. The van der Waals surface area contributed by atoms with Gasteiger partial charge in [-0.2, -0.15) is 0 Å². The fourth-order valence-electron chi connectivity index (χ4n) is 2.45. The molecular formula is C16H22N2O5. The average Bonchev–Trinajstić information content (AvgIpc) is 2.98. The Morgan fingerprint density at radius 3 is 2.65 bits per heavy atom. The highest BCUT2D eigenvalue weighted by atomic mass is 16.5. The number of anilines is 1. The van der Waals surface area contributed by atoms with Gasteiger partial charge >= 0.3 is 12.0 Å². The van der Waals surface area contributed by atoms with Gasteiger partial charge in [0, 0.05) is 24.8 Å². The molecule has 1 saturated heterocycles. The summed E-state index contributed by atoms with van der Waals surface area (Å²) in [6, 6.07) is 4.83. The molecule has 0 radical (unpaired) electrons. The molecule has 0 aromatic heterocycles. The van der Waals surface area contributed by atoms with Crippen LogP contribution in [-0.2, 0) is 4.79 Å². The van der Waals surface area contributed by atoms with Crippen LogP contribution >= 0.6 is 0 Å². The highest BCUT2D eigenvalue weighted by molar-refractivity contribution is 5.90. The van der Waals surface area contributed by atoms with E-state index in [1.165, 1.54) is 12.0 Å². The van der Waals surface area contributed by atoms with Crippen LogP contribution in [0.5, 0.6) is 11.5 Å². The predicted octanol–water partition coefficient (Wildman–Crippen LogP) is 2.42. The van der Waals surface area contributed by atoms with Crippen LogP contribution in [0.1, 0.15) is 20.3 Å². The molecule has 0 bridgehead atoms. The van der Waals surface area contributed by atoms with Gasteiger partial charge in [-0.15, -0.1) is 0 Å². The minimum Gasteiger partial charge on any atom is -0.493 e. The van der Waals surface area contributed by atoms with E-state index in [0.29, 0.717) is 30.2 Å². The van der Waals surface area contributed by atoms with E-state index in [4.69, 9.17) is 14.6 Å². The Hall–Kier alpha value is -2.44. The second kappa shape index (κ2) is 7.21. The van der Waals surface area contributed by atoms with Crippen LogP contribution in [-0.4, -0.2) is 48.3 Å². The number of carbonyl (C=O) groups is 2. The molecule has 1 aromatic carbocycles. The molecule has 7 nitrogen and oxygen atoms in total. The second-order valence-corrected chi connectivity index (χ2v) is 5.73. The SMILES string of the molecule is COc1cc(NC(=O)N2CCC(C(=O)O)C2)ccc1OC(C)C. The minimum absolute atomic E-state index is 0.0156. The van der Waals surface area contributed by atoms with Gasteiger partial charge < -0.3 is 24.8 Å². The molecule has 1 heterocycles. The van der Waals surface area contributed by atoms with E-state index in [9.17, 15) is 9.59 Å². The van der Waals surface area contributed by atoms with Gasteiger partial charge in [0.05, 0.1) is 19.1 Å². The number of benzene rings is 1. The zero-order valence-corrected chi connectivity index (χ0v) is 13.5. The van der Waals surface area contributed by atoms with Crippen LogP contribution < -0.4 is 14.8 Å². The number of carbonyl (C=O) groups excluding carboxylic acids is 1. The van der Waals surface area contributed by atoms with Crippen LogP contribution in [0.4, 0.5) is 10.5 Å². The van der Waals surface area contributed by atoms with Crippen LogP contribution in [0.15, 0.2) is 18.2 Å². The zero-order valence-electron chi connectivity index (χ0n) is 13.5. The van der Waals surface area contributed by atoms with Crippen molar-refractivity contribution in [1.29, 1.82) is 0 Å². The van der Waals surface area contributed by atoms with Crippen molar-refractivity contribution in [3.8, 4) is 11.5 Å². The summed E-state index contributed by atoms with van der Waals surface area (Å²) >= 11 is 0. The molecule has 1 aliphatic rings. The summed E-state index contributed by atoms with van der Waals surface area (Å²) < 4.78 is 10.9. The third-order valence-electron chi connectivity index (χ3n) is 3.60. The molecule has 1 fully saturated rings. The Bertz CT molecular complexity index is 588. The van der Waals surface area contributed by atoms with Gasteiger partial charge in [0.25, 0.3) is 0 Å². The number of likely N-dealkylation sites (tertiary alicyclic amines) is 1. The van der Waals surface area contributed by atoms with Crippen LogP contribution in [0.3, 0.4) is 0 Å². The molecule has 1 aromatic rings. The van der Waals surface area contributed by atoms with E-state index in [-0.39, 0.29) is 18.7 Å². The second-order valence-electron chi connectivity index (χ2n) is 5.73. The van der Waals surface area contributed by atoms with Crippen molar-refractivity contribution in [3.63, 3.8) is 0 Å². The summed E-state index contributed by atoms with van der Waals surface area (Å²) in [5.74, 6) is -0.219. The van der Waals surface area contributed by atoms with E-state index in [1.54, 1.807) is 18.2 Å². The number of hydrogen-bond acceptors (Lipinski definition) is 4. The first-order chi connectivity index (χ1) is 10.9.